The number of amides is 1. The number of nitrogens with zero attached hydrogens (tertiary/aromatic N) is 2. The molecule has 1 aromatic rings. The van der Waals surface area contributed by atoms with Crippen LogP contribution in [0.1, 0.15) is 50.5 Å². The molecule has 1 saturated carbocycles. The van der Waals surface area contributed by atoms with Crippen molar-refractivity contribution in [3.05, 3.63) is 29.8 Å². The van der Waals surface area contributed by atoms with Gasteiger partial charge in [-0.1, -0.05) is 25.0 Å². The lowest BCUT2D eigenvalue weighted by Gasteiger charge is -2.52. The molecule has 3 saturated heterocycles. The molecule has 4 fully saturated rings. The van der Waals surface area contributed by atoms with Crippen LogP contribution in [0.15, 0.2) is 24.3 Å². The number of likely N-dealkylation sites (tertiary alicyclic amines) is 1. The summed E-state index contributed by atoms with van der Waals surface area (Å²) in [6, 6.07) is 6.33. The van der Waals surface area contributed by atoms with E-state index in [1.807, 2.05) is 0 Å². The first-order valence-electron chi connectivity index (χ1n) is 10.9. The molecular formula is C22H27F3N2O3. The molecule has 3 aliphatic heterocycles. The van der Waals surface area contributed by atoms with E-state index in [0.717, 1.165) is 50.8 Å². The average molecular weight is 424 g/mol. The third kappa shape index (κ3) is 3.58. The molecule has 0 N–H and O–H groups in total. The van der Waals surface area contributed by atoms with Crippen molar-refractivity contribution >= 4 is 5.91 Å². The first-order chi connectivity index (χ1) is 14.3. The fourth-order valence-corrected chi connectivity index (χ4v) is 5.98. The first-order valence-corrected chi connectivity index (χ1v) is 10.9. The number of carbonyl (C=O) groups excluding carboxylic acids is 1. The van der Waals surface area contributed by atoms with Crippen LogP contribution in [-0.2, 0) is 16.1 Å². The predicted molar refractivity (Wildman–Crippen MR) is 102 cm³/mol. The minimum Gasteiger partial charge on any atom is -0.406 e. The molecule has 4 aliphatic rings. The van der Waals surface area contributed by atoms with Crippen molar-refractivity contribution < 1.29 is 27.4 Å². The van der Waals surface area contributed by atoms with E-state index in [1.165, 1.54) is 18.6 Å². The zero-order chi connectivity index (χ0) is 20.9. The standard InChI is InChI=1S/C22H27F3N2O3/c23-22(24,25)29-17-8-5-15(6-9-17)13-26-12-11-21-16(14-26)7-10-20(28)27(21)18-3-1-2-4-19(18)30-21/h5-6,8-9,16,18-19H,1-4,7,10-14H2/t16-,18+,19+,21-/m0/s1. The highest BCUT2D eigenvalue weighted by Crippen LogP contribution is 2.51. The Morgan fingerprint density at radius 3 is 2.67 bits per heavy atom. The molecule has 0 aromatic heterocycles. The zero-order valence-corrected chi connectivity index (χ0v) is 16.9. The lowest BCUT2D eigenvalue weighted by molar-refractivity contribution is -0.274. The van der Waals surface area contributed by atoms with Crippen molar-refractivity contribution in [2.24, 2.45) is 5.92 Å². The van der Waals surface area contributed by atoms with Crippen LogP contribution < -0.4 is 4.74 Å². The number of ether oxygens (including phenoxy) is 2. The Kier molecular flexibility index (Phi) is 4.97. The molecule has 3 heterocycles. The van der Waals surface area contributed by atoms with Gasteiger partial charge < -0.3 is 14.4 Å². The molecule has 0 unspecified atom stereocenters. The number of piperidine rings is 2. The summed E-state index contributed by atoms with van der Waals surface area (Å²) in [5.41, 5.74) is 0.501. The number of hydrogen-bond donors (Lipinski definition) is 0. The Labute approximate surface area is 174 Å². The van der Waals surface area contributed by atoms with Crippen molar-refractivity contribution in [3.63, 3.8) is 0 Å². The molecule has 0 bridgehead atoms. The average Bonchev–Trinajstić information content (AvgIpc) is 3.04. The highest BCUT2D eigenvalue weighted by atomic mass is 19.4. The van der Waals surface area contributed by atoms with Gasteiger partial charge in [0.2, 0.25) is 5.91 Å². The van der Waals surface area contributed by atoms with Crippen LogP contribution in [0, 0.1) is 5.92 Å². The van der Waals surface area contributed by atoms with Gasteiger partial charge in [0.15, 0.2) is 0 Å². The maximum Gasteiger partial charge on any atom is 0.573 e. The summed E-state index contributed by atoms with van der Waals surface area (Å²) in [5.74, 6) is 0.323. The highest BCUT2D eigenvalue weighted by Gasteiger charge is 2.61. The van der Waals surface area contributed by atoms with Crippen LogP contribution in [0.3, 0.4) is 0 Å². The Bertz CT molecular complexity index is 800. The monoisotopic (exact) mass is 424 g/mol. The lowest BCUT2D eigenvalue weighted by Crippen LogP contribution is -2.64. The molecule has 164 valence electrons. The number of carbonyl (C=O) groups is 1. The zero-order valence-electron chi connectivity index (χ0n) is 16.9. The summed E-state index contributed by atoms with van der Waals surface area (Å²) in [5, 5.41) is 0. The Morgan fingerprint density at radius 1 is 1.13 bits per heavy atom. The first kappa shape index (κ1) is 20.1. The van der Waals surface area contributed by atoms with Crippen molar-refractivity contribution in [2.45, 2.75) is 75.7 Å². The topological polar surface area (TPSA) is 42.0 Å². The Balaban J connectivity index is 1.27. The van der Waals surface area contributed by atoms with E-state index >= 15 is 0 Å². The van der Waals surface area contributed by atoms with Gasteiger partial charge in [-0.15, -0.1) is 13.2 Å². The van der Waals surface area contributed by atoms with Gasteiger partial charge in [0, 0.05) is 38.4 Å². The maximum absolute atomic E-state index is 12.8. The van der Waals surface area contributed by atoms with Gasteiger partial charge in [0.05, 0.1) is 12.1 Å². The smallest absolute Gasteiger partial charge is 0.406 e. The molecule has 5 nitrogen and oxygen atoms in total. The number of alkyl halides is 3. The highest BCUT2D eigenvalue weighted by molar-refractivity contribution is 5.79. The van der Waals surface area contributed by atoms with Crippen LogP contribution in [0.25, 0.3) is 0 Å². The maximum atomic E-state index is 12.8. The van der Waals surface area contributed by atoms with Crippen LogP contribution in [0.4, 0.5) is 13.2 Å². The Hall–Kier alpha value is -1.80. The summed E-state index contributed by atoms with van der Waals surface area (Å²) in [7, 11) is 0. The van der Waals surface area contributed by atoms with Crippen molar-refractivity contribution in [1.82, 2.24) is 9.80 Å². The number of benzene rings is 1. The van der Waals surface area contributed by atoms with E-state index in [0.29, 0.717) is 13.0 Å². The summed E-state index contributed by atoms with van der Waals surface area (Å²) in [6.07, 6.45) is 2.13. The van der Waals surface area contributed by atoms with Gasteiger partial charge in [0.1, 0.15) is 11.5 Å². The van der Waals surface area contributed by atoms with E-state index in [1.54, 1.807) is 12.1 Å². The molecule has 8 heteroatoms. The van der Waals surface area contributed by atoms with E-state index in [-0.39, 0.29) is 29.7 Å². The van der Waals surface area contributed by atoms with E-state index in [2.05, 4.69) is 14.5 Å². The molecule has 1 spiro atoms. The molecular weight excluding hydrogens is 397 g/mol. The molecule has 30 heavy (non-hydrogen) atoms. The summed E-state index contributed by atoms with van der Waals surface area (Å²) >= 11 is 0. The number of rotatable bonds is 3. The van der Waals surface area contributed by atoms with E-state index in [4.69, 9.17) is 4.74 Å². The third-order valence-electron chi connectivity index (χ3n) is 7.20. The minimum absolute atomic E-state index is 0.177. The fourth-order valence-electron chi connectivity index (χ4n) is 5.98. The van der Waals surface area contributed by atoms with Gasteiger partial charge in [-0.25, -0.2) is 0 Å². The van der Waals surface area contributed by atoms with Crippen LogP contribution in [0.2, 0.25) is 0 Å². The second kappa shape index (κ2) is 7.41. The molecule has 5 rings (SSSR count). The summed E-state index contributed by atoms with van der Waals surface area (Å²) in [4.78, 5) is 17.3. The number of halogens is 3. The van der Waals surface area contributed by atoms with Crippen LogP contribution in [-0.4, -0.2) is 53.0 Å². The van der Waals surface area contributed by atoms with Crippen molar-refractivity contribution in [1.29, 1.82) is 0 Å². The van der Waals surface area contributed by atoms with E-state index in [9.17, 15) is 18.0 Å². The van der Waals surface area contributed by atoms with Crippen molar-refractivity contribution in [2.75, 3.05) is 13.1 Å². The number of hydrogen-bond acceptors (Lipinski definition) is 4. The third-order valence-corrected chi connectivity index (χ3v) is 7.20. The van der Waals surface area contributed by atoms with Crippen molar-refractivity contribution in [3.8, 4) is 5.75 Å². The van der Waals surface area contributed by atoms with Crippen LogP contribution >= 0.6 is 0 Å². The quantitative estimate of drug-likeness (QED) is 0.734. The summed E-state index contributed by atoms with van der Waals surface area (Å²) < 4.78 is 47.6. The normalized spacial score (nSPS) is 34.3. The van der Waals surface area contributed by atoms with Gasteiger partial charge in [0.25, 0.3) is 0 Å². The lowest BCUT2D eigenvalue weighted by atomic mass is 9.79. The van der Waals surface area contributed by atoms with E-state index < -0.39 is 12.1 Å². The molecule has 1 amide bonds. The van der Waals surface area contributed by atoms with Gasteiger partial charge >= 0.3 is 6.36 Å². The predicted octanol–water partition coefficient (Wildman–Crippen LogP) is 4.07. The van der Waals surface area contributed by atoms with Gasteiger partial charge in [-0.3, -0.25) is 9.69 Å². The second-order valence-corrected chi connectivity index (χ2v) is 9.03. The molecule has 4 atom stereocenters. The summed E-state index contributed by atoms with van der Waals surface area (Å²) in [6.45, 7) is 2.31. The SMILES string of the molecule is O=C1CC[C@H]2CN(Cc3ccc(OC(F)(F)F)cc3)CC[C@]23O[C@@H]2CCCC[C@H]2N13. The molecule has 1 aliphatic carbocycles. The van der Waals surface area contributed by atoms with Gasteiger partial charge in [-0.05, 0) is 37.0 Å². The number of fused-ring (bicyclic) bond motifs is 2. The Morgan fingerprint density at radius 2 is 1.90 bits per heavy atom. The molecule has 0 radical (unpaired) electrons. The minimum atomic E-state index is -4.68. The van der Waals surface area contributed by atoms with Gasteiger partial charge in [-0.2, -0.15) is 0 Å². The van der Waals surface area contributed by atoms with Crippen LogP contribution in [0.5, 0.6) is 5.75 Å². The molecule has 1 aromatic carbocycles. The second-order valence-electron chi connectivity index (χ2n) is 9.03. The largest absolute Gasteiger partial charge is 0.573 e. The fraction of sp³-hybridized carbons (Fsp3) is 0.682.